The largest absolute Gasteiger partial charge is 0.348 e. The lowest BCUT2D eigenvalue weighted by Gasteiger charge is -2.16. The van der Waals surface area contributed by atoms with Crippen molar-refractivity contribution >= 4 is 17.2 Å². The van der Waals surface area contributed by atoms with Crippen LogP contribution in [0.1, 0.15) is 33.3 Å². The topological polar surface area (TPSA) is 72.7 Å². The normalized spacial score (nSPS) is 12.1. The predicted molar refractivity (Wildman–Crippen MR) is 93.6 cm³/mol. The highest BCUT2D eigenvalue weighted by Gasteiger charge is 2.18. The number of rotatable bonds is 5. The molecule has 0 aliphatic rings. The predicted octanol–water partition coefficient (Wildman–Crippen LogP) is 2.70. The molecule has 0 aliphatic heterocycles. The van der Waals surface area contributed by atoms with Gasteiger partial charge in [-0.1, -0.05) is 23.8 Å². The molecule has 0 bridgehead atoms. The Labute approximate surface area is 144 Å². The summed E-state index contributed by atoms with van der Waals surface area (Å²) >= 11 is 1.38. The van der Waals surface area contributed by atoms with Crippen LogP contribution in [0.2, 0.25) is 0 Å². The number of hydrogen-bond donors (Lipinski definition) is 1. The molecular formula is C17H19N5OS. The number of tetrazole rings is 1. The van der Waals surface area contributed by atoms with Crippen LogP contribution in [0.15, 0.2) is 36.0 Å². The molecule has 6 nitrogen and oxygen atoms in total. The van der Waals surface area contributed by atoms with Crippen molar-refractivity contribution in [2.75, 3.05) is 0 Å². The van der Waals surface area contributed by atoms with Crippen molar-refractivity contribution in [3.8, 4) is 5.69 Å². The average Bonchev–Trinajstić information content (AvgIpc) is 3.19. The molecule has 1 aromatic carbocycles. The van der Waals surface area contributed by atoms with Gasteiger partial charge in [-0.2, -0.15) is 4.68 Å². The molecule has 0 radical (unpaired) electrons. The summed E-state index contributed by atoms with van der Waals surface area (Å²) < 4.78 is 1.50. The number of carbonyl (C=O) groups is 1. The molecule has 124 valence electrons. The first kappa shape index (κ1) is 16.3. The summed E-state index contributed by atoms with van der Waals surface area (Å²) in [4.78, 5) is 13.2. The maximum Gasteiger partial charge on any atom is 0.263 e. The quantitative estimate of drug-likeness (QED) is 0.774. The van der Waals surface area contributed by atoms with Crippen molar-refractivity contribution in [3.63, 3.8) is 0 Å². The van der Waals surface area contributed by atoms with E-state index in [9.17, 15) is 4.79 Å². The molecule has 7 heteroatoms. The molecule has 2 heterocycles. The standard InChI is InChI=1S/C17H19N5OS/c1-11-4-5-14(12(2)8-11)9-13(3)19-17(23)16-15(6-7-24-16)22-10-18-20-21-22/h4-8,10,13H,9H2,1-3H3,(H,19,23). The van der Waals surface area contributed by atoms with Crippen LogP contribution in [0.3, 0.4) is 0 Å². The van der Waals surface area contributed by atoms with Crippen molar-refractivity contribution in [1.82, 2.24) is 25.5 Å². The molecule has 3 aromatic rings. The third-order valence-corrected chi connectivity index (χ3v) is 4.75. The van der Waals surface area contributed by atoms with Gasteiger partial charge in [0, 0.05) is 6.04 Å². The van der Waals surface area contributed by atoms with Crippen LogP contribution in [0, 0.1) is 13.8 Å². The van der Waals surface area contributed by atoms with Crippen molar-refractivity contribution in [2.45, 2.75) is 33.2 Å². The van der Waals surface area contributed by atoms with Gasteiger partial charge in [-0.15, -0.1) is 16.4 Å². The summed E-state index contributed by atoms with van der Waals surface area (Å²) in [5.74, 6) is -0.104. The number of aryl methyl sites for hydroxylation is 2. The van der Waals surface area contributed by atoms with E-state index in [1.165, 1.54) is 39.0 Å². The second-order valence-electron chi connectivity index (χ2n) is 5.90. The summed E-state index contributed by atoms with van der Waals surface area (Å²) in [6.07, 6.45) is 2.28. The Kier molecular flexibility index (Phi) is 4.71. The molecular weight excluding hydrogens is 322 g/mol. The Morgan fingerprint density at radius 3 is 2.88 bits per heavy atom. The summed E-state index contributed by atoms with van der Waals surface area (Å²) in [5.41, 5.74) is 4.45. The van der Waals surface area contributed by atoms with E-state index in [-0.39, 0.29) is 11.9 Å². The molecule has 1 atom stereocenters. The zero-order valence-electron chi connectivity index (χ0n) is 13.9. The molecule has 0 saturated carbocycles. The smallest absolute Gasteiger partial charge is 0.263 e. The minimum atomic E-state index is -0.104. The molecule has 2 aromatic heterocycles. The highest BCUT2D eigenvalue weighted by atomic mass is 32.1. The Morgan fingerprint density at radius 2 is 2.17 bits per heavy atom. The zero-order chi connectivity index (χ0) is 17.1. The van der Waals surface area contributed by atoms with Crippen molar-refractivity contribution in [3.05, 3.63) is 57.5 Å². The Balaban J connectivity index is 1.70. The van der Waals surface area contributed by atoms with E-state index in [2.05, 4.69) is 52.9 Å². The molecule has 1 unspecified atom stereocenters. The first-order valence-corrected chi connectivity index (χ1v) is 8.60. The number of carbonyl (C=O) groups excluding carboxylic acids is 1. The first-order valence-electron chi connectivity index (χ1n) is 7.72. The number of aromatic nitrogens is 4. The molecule has 0 saturated heterocycles. The monoisotopic (exact) mass is 341 g/mol. The molecule has 0 spiro atoms. The van der Waals surface area contributed by atoms with Gasteiger partial charge in [0.05, 0.1) is 5.69 Å². The minimum absolute atomic E-state index is 0.0303. The number of benzene rings is 1. The summed E-state index contributed by atoms with van der Waals surface area (Å²) in [7, 11) is 0. The molecule has 0 aliphatic carbocycles. The zero-order valence-corrected chi connectivity index (χ0v) is 14.7. The van der Waals surface area contributed by atoms with Gasteiger partial charge in [0.2, 0.25) is 0 Å². The van der Waals surface area contributed by atoms with E-state index in [1.807, 2.05) is 18.4 Å². The van der Waals surface area contributed by atoms with E-state index in [4.69, 9.17) is 0 Å². The molecule has 3 rings (SSSR count). The van der Waals surface area contributed by atoms with Gasteiger partial charge in [-0.25, -0.2) is 0 Å². The minimum Gasteiger partial charge on any atom is -0.348 e. The van der Waals surface area contributed by atoms with Crippen LogP contribution in [0.25, 0.3) is 5.69 Å². The van der Waals surface area contributed by atoms with Gasteiger partial charge in [0.25, 0.3) is 5.91 Å². The van der Waals surface area contributed by atoms with Crippen LogP contribution in [0.4, 0.5) is 0 Å². The van der Waals surface area contributed by atoms with E-state index in [0.717, 1.165) is 6.42 Å². The maximum absolute atomic E-state index is 12.6. The third kappa shape index (κ3) is 3.51. The van der Waals surface area contributed by atoms with Crippen molar-refractivity contribution in [2.24, 2.45) is 0 Å². The highest BCUT2D eigenvalue weighted by Crippen LogP contribution is 2.20. The van der Waals surface area contributed by atoms with Crippen LogP contribution < -0.4 is 5.32 Å². The number of nitrogens with one attached hydrogen (secondary N) is 1. The molecule has 24 heavy (non-hydrogen) atoms. The van der Waals surface area contributed by atoms with Crippen molar-refractivity contribution in [1.29, 1.82) is 0 Å². The van der Waals surface area contributed by atoms with E-state index >= 15 is 0 Å². The highest BCUT2D eigenvalue weighted by molar-refractivity contribution is 7.12. The fourth-order valence-electron chi connectivity index (χ4n) is 2.67. The SMILES string of the molecule is Cc1ccc(CC(C)NC(=O)c2sccc2-n2cnnn2)c(C)c1. The van der Waals surface area contributed by atoms with Gasteiger partial charge in [0.15, 0.2) is 0 Å². The van der Waals surface area contributed by atoms with Gasteiger partial charge in [-0.3, -0.25) is 4.79 Å². The summed E-state index contributed by atoms with van der Waals surface area (Å²) in [6.45, 7) is 6.20. The van der Waals surface area contributed by atoms with Crippen LogP contribution in [-0.4, -0.2) is 32.2 Å². The number of thiophene rings is 1. The lowest BCUT2D eigenvalue weighted by molar-refractivity contribution is 0.0944. The van der Waals surface area contributed by atoms with Gasteiger partial charge in [-0.05, 0) is 60.2 Å². The summed E-state index contributed by atoms with van der Waals surface area (Å²) in [6, 6.07) is 8.27. The van der Waals surface area contributed by atoms with Gasteiger partial charge < -0.3 is 5.32 Å². The van der Waals surface area contributed by atoms with Gasteiger partial charge >= 0.3 is 0 Å². The Bertz CT molecular complexity index is 841. The fraction of sp³-hybridized carbons (Fsp3) is 0.294. The van der Waals surface area contributed by atoms with Crippen LogP contribution in [-0.2, 0) is 6.42 Å². The van der Waals surface area contributed by atoms with Crippen molar-refractivity contribution < 1.29 is 4.79 Å². The fourth-order valence-corrected chi connectivity index (χ4v) is 3.45. The molecule has 0 fully saturated rings. The second-order valence-corrected chi connectivity index (χ2v) is 6.81. The number of amides is 1. The second kappa shape index (κ2) is 6.92. The summed E-state index contributed by atoms with van der Waals surface area (Å²) in [5, 5.41) is 16.0. The Morgan fingerprint density at radius 1 is 1.33 bits per heavy atom. The average molecular weight is 341 g/mol. The number of nitrogens with zero attached hydrogens (tertiary/aromatic N) is 4. The number of hydrogen-bond acceptors (Lipinski definition) is 5. The lowest BCUT2D eigenvalue weighted by atomic mass is 10.00. The lowest BCUT2D eigenvalue weighted by Crippen LogP contribution is -2.34. The van der Waals surface area contributed by atoms with E-state index < -0.39 is 0 Å². The van der Waals surface area contributed by atoms with E-state index in [0.29, 0.717) is 10.6 Å². The maximum atomic E-state index is 12.6. The van der Waals surface area contributed by atoms with Crippen LogP contribution in [0.5, 0.6) is 0 Å². The third-order valence-electron chi connectivity index (χ3n) is 3.85. The molecule has 1 amide bonds. The van der Waals surface area contributed by atoms with Gasteiger partial charge in [0.1, 0.15) is 11.2 Å². The molecule has 1 N–H and O–H groups in total. The van der Waals surface area contributed by atoms with Crippen LogP contribution >= 0.6 is 11.3 Å². The van der Waals surface area contributed by atoms with E-state index in [1.54, 1.807) is 0 Å². The Hall–Kier alpha value is -2.54. The first-order chi connectivity index (χ1) is 11.5.